The number of hydrogen-bond donors (Lipinski definition) is 1. The molecule has 0 fully saturated rings. The van der Waals surface area contributed by atoms with Crippen LogP contribution in [0.15, 0.2) is 42.8 Å². The number of hydrogen-bond acceptors (Lipinski definition) is 9. The average Bonchev–Trinajstić information content (AvgIpc) is 3.51. The number of carbonyl (C=O) groups is 2. The molecule has 6 rings (SSSR count). The van der Waals surface area contributed by atoms with Crippen LogP contribution < -0.4 is 30.8 Å². The first-order chi connectivity index (χ1) is 19.0. The van der Waals surface area contributed by atoms with Crippen molar-refractivity contribution in [3.05, 3.63) is 75.1 Å². The zero-order chi connectivity index (χ0) is 28.8. The van der Waals surface area contributed by atoms with E-state index in [1.54, 1.807) is 14.0 Å². The van der Waals surface area contributed by atoms with E-state index in [2.05, 4.69) is 21.2 Å². The van der Waals surface area contributed by atoms with Gasteiger partial charge in [0.25, 0.3) is 5.56 Å². The summed E-state index contributed by atoms with van der Waals surface area (Å²) < 4.78 is 20.3. The highest BCUT2D eigenvalue weighted by atomic mass is 79.9. The minimum absolute atomic E-state index is 0.0185. The summed E-state index contributed by atoms with van der Waals surface area (Å²) in [5.74, 6) is -1.90. The lowest BCUT2D eigenvalue weighted by molar-refractivity contribution is -0.130. The Labute approximate surface area is 245 Å². The Kier molecular flexibility index (Phi) is 6.10. The Morgan fingerprint density at radius 1 is 1.10 bits per heavy atom. The quantitative estimate of drug-likeness (QED) is 0.424. The Balaban J connectivity index is 1.61. The van der Waals surface area contributed by atoms with Gasteiger partial charge >= 0.3 is 5.69 Å². The van der Waals surface area contributed by atoms with Crippen LogP contribution in [0, 0.1) is 5.92 Å². The second-order valence-corrected chi connectivity index (χ2v) is 12.8. The van der Waals surface area contributed by atoms with Gasteiger partial charge < -0.3 is 19.5 Å². The van der Waals surface area contributed by atoms with Gasteiger partial charge in [-0.2, -0.15) is 0 Å². The highest BCUT2D eigenvalue weighted by Gasteiger charge is 2.64. The molecular formula is C27H23BrClN3O7S. The Bertz CT molecular complexity index is 1820. The topological polar surface area (TPSA) is 118 Å². The third kappa shape index (κ3) is 3.32. The molecular weight excluding hydrogens is 626 g/mol. The third-order valence-corrected chi connectivity index (χ3v) is 10.0. The van der Waals surface area contributed by atoms with Crippen LogP contribution in [-0.2, 0) is 18.9 Å². The molecule has 0 bridgehead atoms. The van der Waals surface area contributed by atoms with E-state index in [1.165, 1.54) is 43.2 Å². The summed E-state index contributed by atoms with van der Waals surface area (Å²) in [7, 11) is 5.79. The molecule has 1 aromatic carbocycles. The van der Waals surface area contributed by atoms with Gasteiger partial charge in [0.15, 0.2) is 5.75 Å². The molecule has 208 valence electrons. The van der Waals surface area contributed by atoms with E-state index in [1.807, 2.05) is 12.1 Å². The number of nitrogens with zero attached hydrogens (tertiary/aromatic N) is 2. The van der Waals surface area contributed by atoms with E-state index < -0.39 is 40.3 Å². The summed E-state index contributed by atoms with van der Waals surface area (Å²) in [6.45, 7) is 1.75. The summed E-state index contributed by atoms with van der Waals surface area (Å²) >= 11 is 11.4. The van der Waals surface area contributed by atoms with Crippen molar-refractivity contribution in [1.82, 2.24) is 9.13 Å². The largest absolute Gasteiger partial charge is 0.496 e. The number of halogens is 2. The lowest BCUT2D eigenvalue weighted by atomic mass is 9.66. The monoisotopic (exact) mass is 647 g/mol. The van der Waals surface area contributed by atoms with Crippen LogP contribution in [0.25, 0.3) is 0 Å². The molecule has 4 heterocycles. The lowest BCUT2D eigenvalue weighted by Gasteiger charge is -2.42. The number of allylic oxidation sites excluding steroid dienone is 1. The molecule has 1 N–H and O–H groups in total. The number of aromatic nitrogens is 2. The number of methoxy groups -OCH3 is 2. The molecule has 3 aliphatic rings. The second-order valence-electron chi connectivity index (χ2n) is 9.96. The number of benzene rings is 1. The minimum atomic E-state index is -1.94. The number of fused-ring (bicyclic) bond motifs is 2. The van der Waals surface area contributed by atoms with Crippen molar-refractivity contribution in [3.8, 4) is 17.2 Å². The molecule has 40 heavy (non-hydrogen) atoms. The van der Waals surface area contributed by atoms with Gasteiger partial charge in [0.05, 0.1) is 29.5 Å². The van der Waals surface area contributed by atoms with Crippen molar-refractivity contribution in [2.24, 2.45) is 20.0 Å². The maximum atomic E-state index is 14.7. The van der Waals surface area contributed by atoms with E-state index in [0.29, 0.717) is 16.4 Å². The van der Waals surface area contributed by atoms with Crippen LogP contribution in [0.1, 0.15) is 40.1 Å². The van der Waals surface area contributed by atoms with Crippen molar-refractivity contribution in [3.63, 3.8) is 0 Å². The first kappa shape index (κ1) is 26.9. The third-order valence-electron chi connectivity index (χ3n) is 7.95. The van der Waals surface area contributed by atoms with E-state index >= 15 is 0 Å². The number of carbonyl (C=O) groups excluding carboxylic acids is 2. The van der Waals surface area contributed by atoms with Gasteiger partial charge in [-0.25, -0.2) is 4.79 Å². The van der Waals surface area contributed by atoms with Crippen molar-refractivity contribution >= 4 is 56.3 Å². The molecule has 0 radical (unpaired) electrons. The van der Waals surface area contributed by atoms with Gasteiger partial charge in [-0.15, -0.1) is 11.3 Å². The standard InChI is InChI=1S/C27H23BrClN3O7S/c1-10-8-11-16(22(33)27(10)23(34)17-12(37-4)9-13(38-5)20(29)21(17)39-27)18(14-6-7-15(28)40-14)19-24(30-11)31(2)26(36)32(3)25(19)35/h6-7,9-10,18,30H,8H2,1-5H3. The molecule has 0 saturated carbocycles. The predicted octanol–water partition coefficient (Wildman–Crippen LogP) is 4.01. The fraction of sp³-hybridized carbons (Fsp3) is 0.333. The van der Waals surface area contributed by atoms with Crippen molar-refractivity contribution in [2.45, 2.75) is 24.9 Å². The van der Waals surface area contributed by atoms with Gasteiger partial charge in [0.1, 0.15) is 27.9 Å². The summed E-state index contributed by atoms with van der Waals surface area (Å²) in [4.78, 5) is 56.1. The first-order valence-corrected chi connectivity index (χ1v) is 14.2. The van der Waals surface area contributed by atoms with Crippen LogP contribution in [0.4, 0.5) is 5.82 Å². The number of anilines is 1. The van der Waals surface area contributed by atoms with Crippen LogP contribution in [0.5, 0.6) is 17.2 Å². The van der Waals surface area contributed by atoms with Crippen molar-refractivity contribution in [2.75, 3.05) is 19.5 Å². The number of Topliss-reactive ketones (excluding diaryl/α,β-unsaturated/α-hetero) is 2. The van der Waals surface area contributed by atoms with E-state index in [4.69, 9.17) is 25.8 Å². The summed E-state index contributed by atoms with van der Waals surface area (Å²) in [5.41, 5.74) is -1.92. The van der Waals surface area contributed by atoms with Gasteiger partial charge in [-0.05, 0) is 34.5 Å². The molecule has 13 heteroatoms. The molecule has 3 atom stereocenters. The fourth-order valence-electron chi connectivity index (χ4n) is 5.96. The maximum absolute atomic E-state index is 14.7. The second kappa shape index (κ2) is 9.08. The number of rotatable bonds is 3. The number of thiophene rings is 1. The van der Waals surface area contributed by atoms with Gasteiger partial charge in [-0.3, -0.25) is 23.5 Å². The highest BCUT2D eigenvalue weighted by Crippen LogP contribution is 2.56. The predicted molar refractivity (Wildman–Crippen MR) is 152 cm³/mol. The normalized spacial score (nSPS) is 23.0. The van der Waals surface area contributed by atoms with Crippen molar-refractivity contribution < 1.29 is 23.8 Å². The molecule has 0 amide bonds. The van der Waals surface area contributed by atoms with Gasteiger partial charge in [-0.1, -0.05) is 18.5 Å². The minimum Gasteiger partial charge on any atom is -0.496 e. The molecule has 0 saturated heterocycles. The van der Waals surface area contributed by atoms with Crippen LogP contribution in [-0.4, -0.2) is 40.5 Å². The van der Waals surface area contributed by atoms with Crippen LogP contribution >= 0.6 is 38.9 Å². The average molecular weight is 649 g/mol. The summed E-state index contributed by atoms with van der Waals surface area (Å²) in [6.07, 6.45) is 0.226. The maximum Gasteiger partial charge on any atom is 0.332 e. The Hall–Kier alpha value is -3.35. The van der Waals surface area contributed by atoms with Gasteiger partial charge in [0, 0.05) is 42.2 Å². The Morgan fingerprint density at radius 3 is 2.42 bits per heavy atom. The number of ketones is 2. The first-order valence-electron chi connectivity index (χ1n) is 12.3. The molecule has 3 aromatic rings. The van der Waals surface area contributed by atoms with Crippen LogP contribution in [0.3, 0.4) is 0 Å². The molecule has 1 spiro atoms. The fourth-order valence-corrected chi connectivity index (χ4v) is 7.77. The molecule has 1 aliphatic carbocycles. The van der Waals surface area contributed by atoms with E-state index in [0.717, 1.165) is 8.35 Å². The number of ether oxygens (including phenoxy) is 3. The zero-order valence-electron chi connectivity index (χ0n) is 22.0. The van der Waals surface area contributed by atoms with Gasteiger partial charge in [0.2, 0.25) is 17.2 Å². The van der Waals surface area contributed by atoms with Crippen molar-refractivity contribution in [1.29, 1.82) is 0 Å². The molecule has 3 unspecified atom stereocenters. The van der Waals surface area contributed by atoms with Crippen LogP contribution in [0.2, 0.25) is 5.02 Å². The highest BCUT2D eigenvalue weighted by molar-refractivity contribution is 9.11. The Morgan fingerprint density at radius 2 is 1.80 bits per heavy atom. The van der Waals surface area contributed by atoms with E-state index in [9.17, 15) is 19.2 Å². The molecule has 10 nitrogen and oxygen atoms in total. The SMILES string of the molecule is COc1cc(OC)c2c(c1Cl)OC1(C(=O)C3=C(CC1C)Nc1c(c(=O)n(C)c(=O)n1C)C3c1ccc(Br)s1)C2=O. The number of nitrogens with one attached hydrogen (secondary N) is 1. The zero-order valence-corrected chi connectivity index (χ0v) is 25.2. The molecule has 2 aromatic heterocycles. The summed E-state index contributed by atoms with van der Waals surface area (Å²) in [5, 5.41) is 3.26. The molecule has 2 aliphatic heterocycles. The smallest absolute Gasteiger partial charge is 0.332 e. The summed E-state index contributed by atoms with van der Waals surface area (Å²) in [6, 6.07) is 5.13. The van der Waals surface area contributed by atoms with E-state index in [-0.39, 0.29) is 45.4 Å². The lowest BCUT2D eigenvalue weighted by Crippen LogP contribution is -2.58.